The number of likely N-dealkylation sites (tertiary alicyclic amines) is 1. The van der Waals surface area contributed by atoms with Crippen LogP contribution in [-0.2, 0) is 0 Å². The van der Waals surface area contributed by atoms with E-state index in [2.05, 4.69) is 56.1 Å². The van der Waals surface area contributed by atoms with Gasteiger partial charge in [-0.2, -0.15) is 0 Å². The van der Waals surface area contributed by atoms with E-state index in [1.807, 2.05) is 0 Å². The van der Waals surface area contributed by atoms with Crippen molar-refractivity contribution in [3.05, 3.63) is 34.9 Å². The summed E-state index contributed by atoms with van der Waals surface area (Å²) in [6.07, 6.45) is 4.14. The molecule has 0 bridgehead atoms. The van der Waals surface area contributed by atoms with E-state index in [1.165, 1.54) is 42.5 Å². The van der Waals surface area contributed by atoms with Gasteiger partial charge in [-0.3, -0.25) is 4.90 Å². The van der Waals surface area contributed by atoms with Crippen LogP contribution in [0.1, 0.15) is 55.8 Å². The van der Waals surface area contributed by atoms with Gasteiger partial charge in [0.15, 0.2) is 0 Å². The number of nitrogens with zero attached hydrogens (tertiary/aromatic N) is 1. The topological polar surface area (TPSA) is 15.3 Å². The molecular weight excluding hydrogens is 244 g/mol. The van der Waals surface area contributed by atoms with E-state index in [9.17, 15) is 0 Å². The fraction of sp³-hybridized carbons (Fsp3) is 0.667. The molecule has 0 aromatic heterocycles. The second-order valence-corrected chi connectivity index (χ2v) is 6.96. The normalized spacial score (nSPS) is 28.8. The first-order chi connectivity index (χ1) is 9.54. The zero-order chi connectivity index (χ0) is 14.3. The lowest BCUT2D eigenvalue weighted by Gasteiger charge is -2.22. The molecule has 2 nitrogen and oxygen atoms in total. The van der Waals surface area contributed by atoms with Gasteiger partial charge in [0.2, 0.25) is 0 Å². The highest BCUT2D eigenvalue weighted by Crippen LogP contribution is 2.34. The largest absolute Gasteiger partial charge is 0.306 e. The van der Waals surface area contributed by atoms with Crippen molar-refractivity contribution in [1.82, 2.24) is 10.2 Å². The summed E-state index contributed by atoms with van der Waals surface area (Å²) in [5, 5.41) is 3.86. The van der Waals surface area contributed by atoms with Crippen LogP contribution in [0.2, 0.25) is 0 Å². The summed E-state index contributed by atoms with van der Waals surface area (Å²) < 4.78 is 0. The Morgan fingerprint density at radius 2 is 2.00 bits per heavy atom. The molecule has 110 valence electrons. The first-order valence-electron chi connectivity index (χ1n) is 8.13. The number of hydrogen-bond donors (Lipinski definition) is 1. The molecule has 0 radical (unpaired) electrons. The van der Waals surface area contributed by atoms with Crippen LogP contribution in [0, 0.1) is 13.8 Å². The molecule has 2 aliphatic rings. The molecule has 1 heterocycles. The Labute approximate surface area is 123 Å². The fourth-order valence-electron chi connectivity index (χ4n) is 3.85. The standard InChI is InChI=1S/C18H28N2/c1-12-5-8-18(13(2)9-12)15(4)19-16-10-14(3)20(11-16)17-6-7-17/h5,8-9,14-17,19H,6-7,10-11H2,1-4H3. The number of hydrogen-bond acceptors (Lipinski definition) is 2. The van der Waals surface area contributed by atoms with Gasteiger partial charge in [0.05, 0.1) is 0 Å². The molecule has 1 aromatic rings. The average molecular weight is 272 g/mol. The Kier molecular flexibility index (Phi) is 3.87. The molecule has 3 rings (SSSR count). The van der Waals surface area contributed by atoms with Crippen molar-refractivity contribution in [2.45, 2.75) is 71.1 Å². The summed E-state index contributed by atoms with van der Waals surface area (Å²) in [6, 6.07) is 9.57. The highest BCUT2D eigenvalue weighted by atomic mass is 15.3. The van der Waals surface area contributed by atoms with Crippen molar-refractivity contribution < 1.29 is 0 Å². The molecular formula is C18H28N2. The van der Waals surface area contributed by atoms with Gasteiger partial charge in [-0.05, 0) is 58.1 Å². The van der Waals surface area contributed by atoms with E-state index in [-0.39, 0.29) is 0 Å². The van der Waals surface area contributed by atoms with E-state index >= 15 is 0 Å². The molecule has 3 unspecified atom stereocenters. The Balaban J connectivity index is 1.62. The van der Waals surface area contributed by atoms with E-state index in [4.69, 9.17) is 0 Å². The van der Waals surface area contributed by atoms with E-state index in [0.29, 0.717) is 12.1 Å². The van der Waals surface area contributed by atoms with Crippen molar-refractivity contribution in [1.29, 1.82) is 0 Å². The molecule has 1 aliphatic heterocycles. The second-order valence-electron chi connectivity index (χ2n) is 6.96. The van der Waals surface area contributed by atoms with Crippen LogP contribution in [0.15, 0.2) is 18.2 Å². The summed E-state index contributed by atoms with van der Waals surface area (Å²) in [6.45, 7) is 10.3. The number of nitrogens with one attached hydrogen (secondary N) is 1. The van der Waals surface area contributed by atoms with Gasteiger partial charge < -0.3 is 5.32 Å². The number of aryl methyl sites for hydroxylation is 2. The highest BCUT2D eigenvalue weighted by molar-refractivity contribution is 5.32. The zero-order valence-electron chi connectivity index (χ0n) is 13.3. The third kappa shape index (κ3) is 2.91. The van der Waals surface area contributed by atoms with E-state index in [0.717, 1.165) is 12.1 Å². The molecule has 3 atom stereocenters. The van der Waals surface area contributed by atoms with Gasteiger partial charge in [0, 0.05) is 30.7 Å². The lowest BCUT2D eigenvalue weighted by atomic mass is 9.99. The van der Waals surface area contributed by atoms with Crippen LogP contribution in [-0.4, -0.2) is 29.6 Å². The molecule has 1 N–H and O–H groups in total. The average Bonchev–Trinajstić information content (AvgIpc) is 3.14. The Hall–Kier alpha value is -0.860. The van der Waals surface area contributed by atoms with Crippen LogP contribution >= 0.6 is 0 Å². The minimum Gasteiger partial charge on any atom is -0.306 e. The first kappa shape index (κ1) is 14.1. The Morgan fingerprint density at radius 1 is 1.25 bits per heavy atom. The first-order valence-corrected chi connectivity index (χ1v) is 8.13. The Morgan fingerprint density at radius 3 is 2.65 bits per heavy atom. The third-order valence-corrected chi connectivity index (χ3v) is 5.02. The maximum atomic E-state index is 3.86. The van der Waals surface area contributed by atoms with Gasteiger partial charge in [-0.1, -0.05) is 23.8 Å². The monoisotopic (exact) mass is 272 g/mol. The molecule has 20 heavy (non-hydrogen) atoms. The molecule has 2 fully saturated rings. The highest BCUT2D eigenvalue weighted by Gasteiger charge is 2.38. The van der Waals surface area contributed by atoms with Crippen molar-refractivity contribution in [3.8, 4) is 0 Å². The SMILES string of the molecule is Cc1ccc(C(C)NC2CC(C)N(C3CC3)C2)c(C)c1. The maximum absolute atomic E-state index is 3.86. The quantitative estimate of drug-likeness (QED) is 0.901. The van der Waals surface area contributed by atoms with Crippen molar-refractivity contribution in [2.24, 2.45) is 0 Å². The number of rotatable bonds is 4. The lowest BCUT2D eigenvalue weighted by Crippen LogP contribution is -2.35. The van der Waals surface area contributed by atoms with Crippen LogP contribution in [0.25, 0.3) is 0 Å². The summed E-state index contributed by atoms with van der Waals surface area (Å²) in [7, 11) is 0. The lowest BCUT2D eigenvalue weighted by molar-refractivity contribution is 0.254. The second kappa shape index (κ2) is 5.50. The molecule has 1 aliphatic carbocycles. The summed E-state index contributed by atoms with van der Waals surface area (Å²) in [5.41, 5.74) is 4.22. The summed E-state index contributed by atoms with van der Waals surface area (Å²) in [4.78, 5) is 2.71. The van der Waals surface area contributed by atoms with Gasteiger partial charge in [0.25, 0.3) is 0 Å². The Bertz CT molecular complexity index is 478. The molecule has 2 heteroatoms. The minimum absolute atomic E-state index is 0.451. The van der Waals surface area contributed by atoms with Crippen molar-refractivity contribution in [2.75, 3.05) is 6.54 Å². The minimum atomic E-state index is 0.451. The van der Waals surface area contributed by atoms with Crippen LogP contribution in [0.5, 0.6) is 0 Å². The smallest absolute Gasteiger partial charge is 0.0297 e. The summed E-state index contributed by atoms with van der Waals surface area (Å²) in [5.74, 6) is 0. The molecule has 1 saturated heterocycles. The van der Waals surface area contributed by atoms with Crippen LogP contribution in [0.4, 0.5) is 0 Å². The van der Waals surface area contributed by atoms with Gasteiger partial charge in [-0.25, -0.2) is 0 Å². The third-order valence-electron chi connectivity index (χ3n) is 5.02. The van der Waals surface area contributed by atoms with Gasteiger partial charge in [0.1, 0.15) is 0 Å². The van der Waals surface area contributed by atoms with Crippen molar-refractivity contribution >= 4 is 0 Å². The maximum Gasteiger partial charge on any atom is 0.0297 e. The van der Waals surface area contributed by atoms with Gasteiger partial charge in [-0.15, -0.1) is 0 Å². The fourth-order valence-corrected chi connectivity index (χ4v) is 3.85. The van der Waals surface area contributed by atoms with Crippen LogP contribution < -0.4 is 5.32 Å². The van der Waals surface area contributed by atoms with Gasteiger partial charge >= 0.3 is 0 Å². The predicted octanol–water partition coefficient (Wildman–Crippen LogP) is 3.58. The van der Waals surface area contributed by atoms with Crippen LogP contribution in [0.3, 0.4) is 0 Å². The molecule has 1 aromatic carbocycles. The van der Waals surface area contributed by atoms with Crippen molar-refractivity contribution in [3.63, 3.8) is 0 Å². The van der Waals surface area contributed by atoms with E-state index < -0.39 is 0 Å². The molecule has 0 amide bonds. The molecule has 0 spiro atoms. The number of benzene rings is 1. The van der Waals surface area contributed by atoms with E-state index in [1.54, 1.807) is 0 Å². The molecule has 1 saturated carbocycles. The summed E-state index contributed by atoms with van der Waals surface area (Å²) >= 11 is 0. The zero-order valence-corrected chi connectivity index (χ0v) is 13.3. The predicted molar refractivity (Wildman–Crippen MR) is 85.1 cm³/mol.